The molecule has 0 aliphatic rings. The Morgan fingerprint density at radius 1 is 1.42 bits per heavy atom. The van der Waals surface area contributed by atoms with Crippen LogP contribution >= 0.6 is 11.6 Å². The summed E-state index contributed by atoms with van der Waals surface area (Å²) >= 11 is 6.00. The molecule has 0 radical (unpaired) electrons. The summed E-state index contributed by atoms with van der Waals surface area (Å²) in [7, 11) is 1.57. The smallest absolute Gasteiger partial charge is 0.239 e. The standard InChI is InChI=1S/C14H21ClN2O2/c1-10(2)6-7-16-14(18)9-17-11-4-5-13(19-3)12(15)8-11/h4-5,8,10,17H,6-7,9H2,1-3H3,(H,16,18). The van der Waals surface area contributed by atoms with Crippen LogP contribution in [0.25, 0.3) is 0 Å². The molecule has 0 fully saturated rings. The summed E-state index contributed by atoms with van der Waals surface area (Å²) in [6.45, 7) is 5.20. The molecule has 1 aromatic carbocycles. The molecule has 0 unspecified atom stereocenters. The predicted molar refractivity (Wildman–Crippen MR) is 79.0 cm³/mol. The lowest BCUT2D eigenvalue weighted by Crippen LogP contribution is -2.31. The average Bonchev–Trinajstić information content (AvgIpc) is 2.36. The van der Waals surface area contributed by atoms with Gasteiger partial charge in [0.05, 0.1) is 18.7 Å². The van der Waals surface area contributed by atoms with Gasteiger partial charge in [-0.1, -0.05) is 25.4 Å². The van der Waals surface area contributed by atoms with E-state index in [1.54, 1.807) is 19.2 Å². The van der Waals surface area contributed by atoms with E-state index in [1.165, 1.54) is 0 Å². The number of carbonyl (C=O) groups excluding carboxylic acids is 1. The molecule has 2 N–H and O–H groups in total. The van der Waals surface area contributed by atoms with Gasteiger partial charge in [0.25, 0.3) is 0 Å². The molecule has 0 aromatic heterocycles. The van der Waals surface area contributed by atoms with E-state index in [0.717, 1.165) is 12.1 Å². The van der Waals surface area contributed by atoms with Crippen molar-refractivity contribution in [3.8, 4) is 5.75 Å². The number of halogens is 1. The third kappa shape index (κ3) is 5.83. The Hall–Kier alpha value is -1.42. The zero-order valence-electron chi connectivity index (χ0n) is 11.6. The van der Waals surface area contributed by atoms with Crippen molar-refractivity contribution < 1.29 is 9.53 Å². The van der Waals surface area contributed by atoms with Crippen LogP contribution in [-0.2, 0) is 4.79 Å². The van der Waals surface area contributed by atoms with E-state index in [4.69, 9.17) is 16.3 Å². The summed E-state index contributed by atoms with van der Waals surface area (Å²) in [6.07, 6.45) is 0.986. The summed E-state index contributed by atoms with van der Waals surface area (Å²) in [4.78, 5) is 11.6. The Morgan fingerprint density at radius 2 is 2.16 bits per heavy atom. The van der Waals surface area contributed by atoms with Gasteiger partial charge < -0.3 is 15.4 Å². The van der Waals surface area contributed by atoms with Gasteiger partial charge in [-0.15, -0.1) is 0 Å². The van der Waals surface area contributed by atoms with Crippen LogP contribution in [0.4, 0.5) is 5.69 Å². The number of nitrogens with one attached hydrogen (secondary N) is 2. The van der Waals surface area contributed by atoms with Gasteiger partial charge in [-0.05, 0) is 30.5 Å². The van der Waals surface area contributed by atoms with E-state index in [9.17, 15) is 4.79 Å². The van der Waals surface area contributed by atoms with Crippen molar-refractivity contribution in [1.82, 2.24) is 5.32 Å². The first-order valence-corrected chi connectivity index (χ1v) is 6.75. The molecule has 0 saturated heterocycles. The molecular formula is C14H21ClN2O2. The average molecular weight is 285 g/mol. The Morgan fingerprint density at radius 3 is 2.74 bits per heavy atom. The summed E-state index contributed by atoms with van der Waals surface area (Å²) < 4.78 is 5.06. The molecule has 19 heavy (non-hydrogen) atoms. The quantitative estimate of drug-likeness (QED) is 0.809. The van der Waals surface area contributed by atoms with Gasteiger partial charge in [0.2, 0.25) is 5.91 Å². The largest absolute Gasteiger partial charge is 0.495 e. The molecule has 0 aliphatic heterocycles. The van der Waals surface area contributed by atoms with Crippen LogP contribution in [0.1, 0.15) is 20.3 Å². The van der Waals surface area contributed by atoms with Crippen molar-refractivity contribution in [2.75, 3.05) is 25.5 Å². The minimum atomic E-state index is -0.0207. The first-order chi connectivity index (χ1) is 9.02. The van der Waals surface area contributed by atoms with Gasteiger partial charge in [-0.3, -0.25) is 4.79 Å². The minimum Gasteiger partial charge on any atom is -0.495 e. The summed E-state index contributed by atoms with van der Waals surface area (Å²) in [6, 6.07) is 5.33. The highest BCUT2D eigenvalue weighted by Crippen LogP contribution is 2.26. The van der Waals surface area contributed by atoms with E-state index >= 15 is 0 Å². The van der Waals surface area contributed by atoms with E-state index in [2.05, 4.69) is 24.5 Å². The van der Waals surface area contributed by atoms with Crippen LogP contribution in [0.3, 0.4) is 0 Å². The molecule has 0 bridgehead atoms. The maximum absolute atomic E-state index is 11.6. The van der Waals surface area contributed by atoms with Crippen LogP contribution < -0.4 is 15.4 Å². The number of benzene rings is 1. The van der Waals surface area contributed by atoms with Crippen LogP contribution in [0.2, 0.25) is 5.02 Å². The van der Waals surface area contributed by atoms with Crippen molar-refractivity contribution >= 4 is 23.2 Å². The Balaban J connectivity index is 2.36. The molecule has 5 heteroatoms. The number of anilines is 1. The highest BCUT2D eigenvalue weighted by Gasteiger charge is 2.04. The Bertz CT molecular complexity index is 422. The molecule has 106 valence electrons. The molecule has 0 saturated carbocycles. The maximum atomic E-state index is 11.6. The zero-order chi connectivity index (χ0) is 14.3. The molecule has 1 amide bonds. The first kappa shape index (κ1) is 15.6. The van der Waals surface area contributed by atoms with E-state index in [0.29, 0.717) is 23.2 Å². The summed E-state index contributed by atoms with van der Waals surface area (Å²) in [5.74, 6) is 1.19. The fourth-order valence-corrected chi connectivity index (χ4v) is 1.78. The van der Waals surface area contributed by atoms with Crippen molar-refractivity contribution in [2.45, 2.75) is 20.3 Å². The number of methoxy groups -OCH3 is 1. The van der Waals surface area contributed by atoms with Gasteiger partial charge >= 0.3 is 0 Å². The van der Waals surface area contributed by atoms with E-state index < -0.39 is 0 Å². The fraction of sp³-hybridized carbons (Fsp3) is 0.500. The molecule has 0 atom stereocenters. The molecule has 0 aliphatic carbocycles. The fourth-order valence-electron chi connectivity index (χ4n) is 1.52. The van der Waals surface area contributed by atoms with Crippen LogP contribution in [0.15, 0.2) is 18.2 Å². The van der Waals surface area contributed by atoms with Gasteiger partial charge in [0.1, 0.15) is 5.75 Å². The molecule has 1 rings (SSSR count). The predicted octanol–water partition coefficient (Wildman–Crippen LogP) is 2.92. The monoisotopic (exact) mass is 284 g/mol. The highest BCUT2D eigenvalue weighted by atomic mass is 35.5. The van der Waals surface area contributed by atoms with E-state index in [1.807, 2.05) is 6.07 Å². The van der Waals surface area contributed by atoms with Crippen LogP contribution in [-0.4, -0.2) is 26.1 Å². The second-order valence-electron chi connectivity index (χ2n) is 4.74. The lowest BCUT2D eigenvalue weighted by atomic mass is 10.1. The summed E-state index contributed by atoms with van der Waals surface area (Å²) in [5.41, 5.74) is 0.796. The number of hydrogen-bond donors (Lipinski definition) is 2. The third-order valence-corrected chi connectivity index (χ3v) is 2.94. The zero-order valence-corrected chi connectivity index (χ0v) is 12.4. The number of ether oxygens (including phenoxy) is 1. The van der Waals surface area contributed by atoms with Crippen LogP contribution in [0.5, 0.6) is 5.75 Å². The van der Waals surface area contributed by atoms with Gasteiger partial charge in [-0.2, -0.15) is 0 Å². The second-order valence-corrected chi connectivity index (χ2v) is 5.14. The normalized spacial score (nSPS) is 10.4. The molecular weight excluding hydrogens is 264 g/mol. The lowest BCUT2D eigenvalue weighted by molar-refractivity contribution is -0.119. The molecule has 1 aromatic rings. The number of amides is 1. The first-order valence-electron chi connectivity index (χ1n) is 6.37. The van der Waals surface area contributed by atoms with Crippen molar-refractivity contribution in [3.05, 3.63) is 23.2 Å². The lowest BCUT2D eigenvalue weighted by Gasteiger charge is -2.10. The topological polar surface area (TPSA) is 50.4 Å². The molecule has 4 nitrogen and oxygen atoms in total. The minimum absolute atomic E-state index is 0.0207. The molecule has 0 spiro atoms. The Labute approximate surface area is 119 Å². The SMILES string of the molecule is COc1ccc(NCC(=O)NCCC(C)C)cc1Cl. The van der Waals surface area contributed by atoms with Gasteiger partial charge in [0, 0.05) is 12.2 Å². The highest BCUT2D eigenvalue weighted by molar-refractivity contribution is 6.32. The number of rotatable bonds is 7. The third-order valence-electron chi connectivity index (χ3n) is 2.65. The second kappa shape index (κ2) is 7.89. The maximum Gasteiger partial charge on any atom is 0.239 e. The Kier molecular flexibility index (Phi) is 6.50. The molecule has 0 heterocycles. The van der Waals surface area contributed by atoms with Crippen molar-refractivity contribution in [2.24, 2.45) is 5.92 Å². The van der Waals surface area contributed by atoms with Crippen molar-refractivity contribution in [3.63, 3.8) is 0 Å². The van der Waals surface area contributed by atoms with E-state index in [-0.39, 0.29) is 12.5 Å². The van der Waals surface area contributed by atoms with Crippen LogP contribution in [0, 0.1) is 5.92 Å². The van der Waals surface area contributed by atoms with Gasteiger partial charge in [-0.25, -0.2) is 0 Å². The number of carbonyl (C=O) groups is 1. The summed E-state index contributed by atoms with van der Waals surface area (Å²) in [5, 5.41) is 6.41. The van der Waals surface area contributed by atoms with Crippen molar-refractivity contribution in [1.29, 1.82) is 0 Å². The number of hydrogen-bond acceptors (Lipinski definition) is 3. The van der Waals surface area contributed by atoms with Gasteiger partial charge in [0.15, 0.2) is 0 Å².